The van der Waals surface area contributed by atoms with Crippen molar-refractivity contribution in [2.24, 2.45) is 0 Å². The molecule has 2 amide bonds. The number of carbonyl (C=O) groups is 3. The molecule has 1 aliphatic rings. The quantitative estimate of drug-likeness (QED) is 0.772. The Morgan fingerprint density at radius 3 is 2.43 bits per heavy atom. The third-order valence-corrected chi connectivity index (χ3v) is 5.00. The number of amides is 2. The van der Waals surface area contributed by atoms with Crippen molar-refractivity contribution >= 4 is 17.8 Å². The Balaban J connectivity index is 1.69. The Hall–Kier alpha value is -3.15. The van der Waals surface area contributed by atoms with Crippen molar-refractivity contribution in [3.63, 3.8) is 0 Å². The zero-order valence-corrected chi connectivity index (χ0v) is 15.8. The summed E-state index contributed by atoms with van der Waals surface area (Å²) >= 11 is 0. The van der Waals surface area contributed by atoms with Crippen LogP contribution in [-0.4, -0.2) is 39.9 Å². The highest BCUT2D eigenvalue weighted by Gasteiger charge is 2.37. The highest BCUT2D eigenvalue weighted by Crippen LogP contribution is 2.22. The molecular weight excluding hydrogens is 356 g/mol. The van der Waals surface area contributed by atoms with Gasteiger partial charge in [0, 0.05) is 19.4 Å². The van der Waals surface area contributed by atoms with Crippen molar-refractivity contribution in [3.05, 3.63) is 71.3 Å². The molecule has 1 fully saturated rings. The minimum Gasteiger partial charge on any atom is -0.480 e. The lowest BCUT2D eigenvalue weighted by atomic mass is 10.1. The van der Waals surface area contributed by atoms with Gasteiger partial charge >= 0.3 is 5.97 Å². The summed E-state index contributed by atoms with van der Waals surface area (Å²) in [4.78, 5) is 38.3. The van der Waals surface area contributed by atoms with Gasteiger partial charge in [0.15, 0.2) is 0 Å². The third kappa shape index (κ3) is 4.76. The molecule has 0 aliphatic carbocycles. The van der Waals surface area contributed by atoms with E-state index in [1.807, 2.05) is 61.5 Å². The van der Waals surface area contributed by atoms with Gasteiger partial charge in [0.1, 0.15) is 12.1 Å². The Bertz CT molecular complexity index is 849. The fourth-order valence-electron chi connectivity index (χ4n) is 3.41. The molecule has 0 radical (unpaired) electrons. The van der Waals surface area contributed by atoms with Gasteiger partial charge < -0.3 is 15.3 Å². The molecule has 2 aromatic carbocycles. The predicted octanol–water partition coefficient (Wildman–Crippen LogP) is 2.30. The van der Waals surface area contributed by atoms with E-state index in [1.54, 1.807) is 4.90 Å². The normalized spacial score (nSPS) is 17.4. The molecule has 2 N–H and O–H groups in total. The van der Waals surface area contributed by atoms with Gasteiger partial charge in [0.05, 0.1) is 0 Å². The molecule has 1 heterocycles. The number of benzene rings is 2. The first-order valence-electron chi connectivity index (χ1n) is 9.36. The van der Waals surface area contributed by atoms with Crippen LogP contribution in [0.15, 0.2) is 54.6 Å². The minimum atomic E-state index is -1.09. The van der Waals surface area contributed by atoms with Crippen molar-refractivity contribution in [2.75, 3.05) is 0 Å². The van der Waals surface area contributed by atoms with E-state index in [2.05, 4.69) is 5.32 Å². The number of nitrogens with zero attached hydrogens (tertiary/aromatic N) is 1. The summed E-state index contributed by atoms with van der Waals surface area (Å²) in [5.74, 6) is -1.59. The molecule has 0 aromatic heterocycles. The highest BCUT2D eigenvalue weighted by molar-refractivity contribution is 5.93. The zero-order chi connectivity index (χ0) is 20.1. The second-order valence-corrected chi connectivity index (χ2v) is 7.15. The maximum absolute atomic E-state index is 12.8. The number of hydrogen-bond donors (Lipinski definition) is 2. The summed E-state index contributed by atoms with van der Waals surface area (Å²) in [6.45, 7) is 2.33. The van der Waals surface area contributed by atoms with E-state index in [1.165, 1.54) is 0 Å². The second kappa shape index (κ2) is 8.69. The summed E-state index contributed by atoms with van der Waals surface area (Å²) in [6.07, 6.45) is 0.884. The standard InChI is InChI=1S/C22H24N2O4/c1-15-7-9-17(10-8-15)14-24-19(11-12-20(24)25)21(26)23-18(22(27)28)13-16-5-3-2-4-6-16/h2-10,18-19H,11-14H2,1H3,(H,23,26)(H,27,28). The average molecular weight is 380 g/mol. The summed E-state index contributed by atoms with van der Waals surface area (Å²) < 4.78 is 0. The van der Waals surface area contributed by atoms with Crippen LogP contribution in [0.25, 0.3) is 0 Å². The summed E-state index contributed by atoms with van der Waals surface area (Å²) in [6, 6.07) is 15.3. The number of carbonyl (C=O) groups excluding carboxylic acids is 2. The first kappa shape index (κ1) is 19.6. The lowest BCUT2D eigenvalue weighted by molar-refractivity contribution is -0.143. The third-order valence-electron chi connectivity index (χ3n) is 5.00. The fourth-order valence-corrected chi connectivity index (χ4v) is 3.41. The molecule has 6 nitrogen and oxygen atoms in total. The molecule has 146 valence electrons. The number of hydrogen-bond acceptors (Lipinski definition) is 3. The monoisotopic (exact) mass is 380 g/mol. The van der Waals surface area contributed by atoms with Gasteiger partial charge in [-0.3, -0.25) is 9.59 Å². The molecule has 6 heteroatoms. The van der Waals surface area contributed by atoms with Crippen LogP contribution in [0.2, 0.25) is 0 Å². The van der Waals surface area contributed by atoms with Crippen LogP contribution in [0.4, 0.5) is 0 Å². The summed E-state index contributed by atoms with van der Waals surface area (Å²) in [5.41, 5.74) is 2.89. The molecule has 2 unspecified atom stereocenters. The average Bonchev–Trinajstić information content (AvgIpc) is 3.04. The minimum absolute atomic E-state index is 0.0874. The maximum atomic E-state index is 12.8. The van der Waals surface area contributed by atoms with Crippen molar-refractivity contribution in [2.45, 2.75) is 44.8 Å². The van der Waals surface area contributed by atoms with Gasteiger partial charge in [-0.2, -0.15) is 0 Å². The molecule has 0 spiro atoms. The Kier molecular flexibility index (Phi) is 6.09. The predicted molar refractivity (Wildman–Crippen MR) is 104 cm³/mol. The largest absolute Gasteiger partial charge is 0.480 e. The molecule has 0 bridgehead atoms. The van der Waals surface area contributed by atoms with Gasteiger partial charge in [0.2, 0.25) is 11.8 Å². The van der Waals surface area contributed by atoms with Crippen LogP contribution in [0.1, 0.15) is 29.5 Å². The van der Waals surface area contributed by atoms with Gasteiger partial charge in [-0.15, -0.1) is 0 Å². The van der Waals surface area contributed by atoms with Crippen LogP contribution in [0.5, 0.6) is 0 Å². The molecule has 1 saturated heterocycles. The van der Waals surface area contributed by atoms with E-state index in [9.17, 15) is 19.5 Å². The molecule has 0 saturated carbocycles. The number of carboxylic acids is 1. The smallest absolute Gasteiger partial charge is 0.326 e. The Labute approximate surface area is 164 Å². The fraction of sp³-hybridized carbons (Fsp3) is 0.318. The lowest BCUT2D eigenvalue weighted by Crippen LogP contribution is -2.50. The van der Waals surface area contributed by atoms with Crippen molar-refractivity contribution in [1.29, 1.82) is 0 Å². The lowest BCUT2D eigenvalue weighted by Gasteiger charge is -2.26. The summed E-state index contributed by atoms with van der Waals surface area (Å²) in [5, 5.41) is 12.1. The number of nitrogens with one attached hydrogen (secondary N) is 1. The van der Waals surface area contributed by atoms with E-state index in [0.717, 1.165) is 16.7 Å². The number of aryl methyl sites for hydroxylation is 1. The van der Waals surface area contributed by atoms with Crippen molar-refractivity contribution in [1.82, 2.24) is 10.2 Å². The van der Waals surface area contributed by atoms with E-state index in [0.29, 0.717) is 19.4 Å². The Morgan fingerprint density at radius 1 is 1.11 bits per heavy atom. The Morgan fingerprint density at radius 2 is 1.79 bits per heavy atom. The number of rotatable bonds is 7. The van der Waals surface area contributed by atoms with E-state index in [-0.39, 0.29) is 12.3 Å². The van der Waals surface area contributed by atoms with Gasteiger partial charge in [0.25, 0.3) is 0 Å². The summed E-state index contributed by atoms with van der Waals surface area (Å²) in [7, 11) is 0. The van der Waals surface area contributed by atoms with Crippen LogP contribution in [0, 0.1) is 6.92 Å². The van der Waals surface area contributed by atoms with Crippen LogP contribution >= 0.6 is 0 Å². The molecular formula is C22H24N2O4. The van der Waals surface area contributed by atoms with Gasteiger partial charge in [-0.05, 0) is 24.5 Å². The molecule has 2 aromatic rings. The molecule has 28 heavy (non-hydrogen) atoms. The van der Waals surface area contributed by atoms with E-state index < -0.39 is 24.0 Å². The van der Waals surface area contributed by atoms with Crippen LogP contribution in [0.3, 0.4) is 0 Å². The maximum Gasteiger partial charge on any atom is 0.326 e. The SMILES string of the molecule is Cc1ccc(CN2C(=O)CCC2C(=O)NC(Cc2ccccc2)C(=O)O)cc1. The van der Waals surface area contributed by atoms with Crippen molar-refractivity contribution < 1.29 is 19.5 Å². The second-order valence-electron chi connectivity index (χ2n) is 7.15. The highest BCUT2D eigenvalue weighted by atomic mass is 16.4. The number of aliphatic carboxylic acids is 1. The van der Waals surface area contributed by atoms with Crippen molar-refractivity contribution in [3.8, 4) is 0 Å². The zero-order valence-electron chi connectivity index (χ0n) is 15.8. The number of carboxylic acid groups (broad SMARTS) is 1. The van der Waals surface area contributed by atoms with Gasteiger partial charge in [-0.25, -0.2) is 4.79 Å². The molecule has 1 aliphatic heterocycles. The molecule has 3 rings (SSSR count). The van der Waals surface area contributed by atoms with Crippen LogP contribution < -0.4 is 5.32 Å². The van der Waals surface area contributed by atoms with E-state index in [4.69, 9.17) is 0 Å². The number of likely N-dealkylation sites (tertiary alicyclic amines) is 1. The van der Waals surface area contributed by atoms with Gasteiger partial charge in [-0.1, -0.05) is 60.2 Å². The van der Waals surface area contributed by atoms with Crippen LogP contribution in [-0.2, 0) is 27.3 Å². The first-order valence-corrected chi connectivity index (χ1v) is 9.36. The topological polar surface area (TPSA) is 86.7 Å². The molecule has 2 atom stereocenters. The first-order chi connectivity index (χ1) is 13.4. The van der Waals surface area contributed by atoms with E-state index >= 15 is 0 Å².